The van der Waals surface area contributed by atoms with E-state index in [4.69, 9.17) is 5.73 Å². The molecule has 1 amide bonds. The molecule has 0 aliphatic carbocycles. The molecule has 106 valence electrons. The normalized spacial score (nSPS) is 17.8. The fraction of sp³-hybridized carbons (Fsp3) is 0.615. The summed E-state index contributed by atoms with van der Waals surface area (Å²) in [5.41, 5.74) is 5.10. The van der Waals surface area contributed by atoms with Gasteiger partial charge in [-0.05, 0) is 41.9 Å². The van der Waals surface area contributed by atoms with E-state index in [2.05, 4.69) is 33.0 Å². The van der Waals surface area contributed by atoms with Crippen LogP contribution in [0.1, 0.15) is 18.7 Å². The summed E-state index contributed by atoms with van der Waals surface area (Å²) in [5, 5.41) is 0. The average Bonchev–Trinajstić information content (AvgIpc) is 2.74. The van der Waals surface area contributed by atoms with Crippen LogP contribution in [0.3, 0.4) is 0 Å². The highest BCUT2D eigenvalue weighted by Gasteiger charge is 2.30. The molecule has 0 spiro atoms. The third-order valence-corrected chi connectivity index (χ3v) is 4.83. The van der Waals surface area contributed by atoms with E-state index in [1.807, 2.05) is 4.90 Å². The largest absolute Gasteiger partial charge is 0.339 e. The van der Waals surface area contributed by atoms with Gasteiger partial charge in [0.25, 0.3) is 0 Å². The smallest absolute Gasteiger partial charge is 0.242 e. The van der Waals surface area contributed by atoms with E-state index >= 15 is 0 Å². The first kappa shape index (κ1) is 15.0. The zero-order valence-corrected chi connectivity index (χ0v) is 13.8. The van der Waals surface area contributed by atoms with Gasteiger partial charge in [-0.25, -0.2) is 0 Å². The van der Waals surface area contributed by atoms with Crippen LogP contribution in [0.15, 0.2) is 15.9 Å². The molecule has 2 N–H and O–H groups in total. The van der Waals surface area contributed by atoms with Gasteiger partial charge in [-0.2, -0.15) is 0 Å². The molecule has 1 aliphatic rings. The van der Waals surface area contributed by atoms with Gasteiger partial charge in [0, 0.05) is 37.6 Å². The van der Waals surface area contributed by atoms with Gasteiger partial charge >= 0.3 is 0 Å². The van der Waals surface area contributed by atoms with Gasteiger partial charge < -0.3 is 10.6 Å². The highest BCUT2D eigenvalue weighted by Crippen LogP contribution is 2.23. The van der Waals surface area contributed by atoms with Crippen LogP contribution < -0.4 is 5.73 Å². The fourth-order valence-corrected chi connectivity index (χ4v) is 3.70. The van der Waals surface area contributed by atoms with Gasteiger partial charge in [-0.3, -0.25) is 9.69 Å². The average molecular weight is 346 g/mol. The van der Waals surface area contributed by atoms with Crippen molar-refractivity contribution in [2.75, 3.05) is 26.2 Å². The summed E-state index contributed by atoms with van der Waals surface area (Å²) in [6.45, 7) is 7.87. The van der Waals surface area contributed by atoms with E-state index in [0.717, 1.165) is 32.7 Å². The van der Waals surface area contributed by atoms with E-state index in [-0.39, 0.29) is 5.91 Å². The maximum atomic E-state index is 12.1. The Labute approximate surface area is 126 Å². The van der Waals surface area contributed by atoms with Crippen LogP contribution in [-0.2, 0) is 11.3 Å². The quantitative estimate of drug-likeness (QED) is 0.909. The Kier molecular flexibility index (Phi) is 4.66. The molecule has 1 aromatic heterocycles. The van der Waals surface area contributed by atoms with Gasteiger partial charge in [-0.15, -0.1) is 11.3 Å². The Balaban J connectivity index is 1.84. The number of nitrogens with zero attached hydrogens (tertiary/aromatic N) is 2. The van der Waals surface area contributed by atoms with E-state index in [1.165, 1.54) is 8.66 Å². The predicted molar refractivity (Wildman–Crippen MR) is 82.1 cm³/mol. The lowest BCUT2D eigenvalue weighted by molar-refractivity contribution is -0.137. The summed E-state index contributed by atoms with van der Waals surface area (Å²) in [5.74, 6) is 0.0472. The number of halogens is 1. The first-order valence-corrected chi connectivity index (χ1v) is 8.02. The topological polar surface area (TPSA) is 49.6 Å². The van der Waals surface area contributed by atoms with Crippen LogP contribution in [0, 0.1) is 0 Å². The number of carbonyl (C=O) groups excluding carboxylic acids is 1. The molecule has 1 aromatic rings. The van der Waals surface area contributed by atoms with E-state index in [1.54, 1.807) is 25.2 Å². The minimum absolute atomic E-state index is 0.0472. The molecule has 0 radical (unpaired) electrons. The highest BCUT2D eigenvalue weighted by molar-refractivity contribution is 9.11. The lowest BCUT2D eigenvalue weighted by Crippen LogP contribution is -2.56. The third-order valence-electron chi connectivity index (χ3n) is 3.22. The molecule has 4 nitrogen and oxygen atoms in total. The van der Waals surface area contributed by atoms with Crippen molar-refractivity contribution in [1.82, 2.24) is 9.80 Å². The van der Waals surface area contributed by atoms with Gasteiger partial charge in [0.2, 0.25) is 5.91 Å². The second-order valence-corrected chi connectivity index (χ2v) is 8.04. The van der Waals surface area contributed by atoms with Gasteiger partial charge in [0.15, 0.2) is 0 Å². The molecule has 6 heteroatoms. The van der Waals surface area contributed by atoms with Crippen molar-refractivity contribution < 1.29 is 4.79 Å². The third kappa shape index (κ3) is 4.02. The Morgan fingerprint density at radius 2 is 2.00 bits per heavy atom. The van der Waals surface area contributed by atoms with Crippen LogP contribution in [0.25, 0.3) is 0 Å². The Morgan fingerprint density at radius 1 is 1.37 bits per heavy atom. The molecule has 2 heterocycles. The van der Waals surface area contributed by atoms with Crippen molar-refractivity contribution in [3.05, 3.63) is 20.8 Å². The second kappa shape index (κ2) is 5.91. The number of amides is 1. The number of nitrogens with two attached hydrogens (primary N) is 1. The van der Waals surface area contributed by atoms with E-state index in [0.29, 0.717) is 0 Å². The van der Waals surface area contributed by atoms with Crippen molar-refractivity contribution in [2.24, 2.45) is 5.73 Å². The van der Waals surface area contributed by atoms with Gasteiger partial charge in [0.1, 0.15) is 0 Å². The van der Waals surface area contributed by atoms with Crippen molar-refractivity contribution in [1.29, 1.82) is 0 Å². The monoisotopic (exact) mass is 345 g/mol. The van der Waals surface area contributed by atoms with Crippen LogP contribution in [0.2, 0.25) is 0 Å². The summed E-state index contributed by atoms with van der Waals surface area (Å²) in [6.07, 6.45) is 0. The van der Waals surface area contributed by atoms with E-state index in [9.17, 15) is 4.79 Å². The fourth-order valence-electron chi connectivity index (χ4n) is 2.17. The maximum absolute atomic E-state index is 12.1. The van der Waals surface area contributed by atoms with Gasteiger partial charge in [0.05, 0.1) is 9.33 Å². The molecule has 0 saturated carbocycles. The molecule has 19 heavy (non-hydrogen) atoms. The Bertz CT molecular complexity index is 447. The van der Waals surface area contributed by atoms with Crippen LogP contribution >= 0.6 is 27.3 Å². The minimum atomic E-state index is -0.763. The molecule has 1 saturated heterocycles. The molecule has 0 aromatic carbocycles. The van der Waals surface area contributed by atoms with Crippen molar-refractivity contribution in [3.8, 4) is 0 Å². The first-order chi connectivity index (χ1) is 8.86. The second-order valence-electron chi connectivity index (χ2n) is 5.50. The summed E-state index contributed by atoms with van der Waals surface area (Å²) < 4.78 is 1.17. The highest BCUT2D eigenvalue weighted by atomic mass is 79.9. The van der Waals surface area contributed by atoms with Crippen LogP contribution in [-0.4, -0.2) is 47.4 Å². The Hall–Kier alpha value is -0.430. The molecular weight excluding hydrogens is 326 g/mol. The standard InChI is InChI=1S/C13H20BrN3OS/c1-13(2,15)12(18)17-7-5-16(6-8-17)9-10-3-4-11(14)19-10/h3-4H,5-9,15H2,1-2H3. The predicted octanol–water partition coefficient (Wildman–Crippen LogP) is 1.89. The van der Waals surface area contributed by atoms with E-state index < -0.39 is 5.54 Å². The van der Waals surface area contributed by atoms with Crippen LogP contribution in [0.5, 0.6) is 0 Å². The summed E-state index contributed by atoms with van der Waals surface area (Å²) in [4.78, 5) is 17.7. The number of hydrogen-bond acceptors (Lipinski definition) is 4. The number of thiophene rings is 1. The van der Waals surface area contributed by atoms with Crippen LogP contribution in [0.4, 0.5) is 0 Å². The maximum Gasteiger partial charge on any atom is 0.242 e. The number of carbonyl (C=O) groups is 1. The zero-order valence-electron chi connectivity index (χ0n) is 11.4. The zero-order chi connectivity index (χ0) is 14.0. The molecule has 2 rings (SSSR count). The molecular formula is C13H20BrN3OS. The number of rotatable bonds is 3. The summed E-state index contributed by atoms with van der Waals surface area (Å²) >= 11 is 5.25. The Morgan fingerprint density at radius 3 is 2.47 bits per heavy atom. The molecule has 1 fully saturated rings. The minimum Gasteiger partial charge on any atom is -0.339 e. The lowest BCUT2D eigenvalue weighted by Gasteiger charge is -2.37. The SMILES string of the molecule is CC(C)(N)C(=O)N1CCN(Cc2ccc(Br)s2)CC1. The summed E-state index contributed by atoms with van der Waals surface area (Å²) in [7, 11) is 0. The first-order valence-electron chi connectivity index (χ1n) is 6.41. The molecule has 0 bridgehead atoms. The van der Waals surface area contributed by atoms with Gasteiger partial charge in [-0.1, -0.05) is 0 Å². The number of hydrogen-bond donors (Lipinski definition) is 1. The number of piperazine rings is 1. The lowest BCUT2D eigenvalue weighted by atomic mass is 10.0. The molecule has 0 atom stereocenters. The van der Waals surface area contributed by atoms with Crippen molar-refractivity contribution in [3.63, 3.8) is 0 Å². The summed E-state index contributed by atoms with van der Waals surface area (Å²) in [6, 6.07) is 4.23. The van der Waals surface area contributed by atoms with Crippen molar-refractivity contribution >= 4 is 33.2 Å². The molecule has 1 aliphatic heterocycles. The van der Waals surface area contributed by atoms with Crippen molar-refractivity contribution in [2.45, 2.75) is 25.9 Å². The molecule has 0 unspecified atom stereocenters.